The number of hydrogen-bond acceptors (Lipinski definition) is 1. The van der Waals surface area contributed by atoms with Crippen molar-refractivity contribution < 1.29 is 20.1 Å². The second-order valence-corrected chi connectivity index (χ2v) is 5.54. The number of rotatable bonds is 1. The second kappa shape index (κ2) is 4.88. The number of hydrogen-bond donors (Lipinski definition) is 0. The van der Waals surface area contributed by atoms with Crippen LogP contribution in [0.25, 0.3) is 15.8 Å². The Kier molecular flexibility index (Phi) is 3.62. The maximum absolute atomic E-state index is 4.14. The summed E-state index contributed by atoms with van der Waals surface area (Å²) in [5.74, 6) is 0. The number of aromatic nitrogens is 2. The molecule has 0 aliphatic rings. The van der Waals surface area contributed by atoms with E-state index in [2.05, 4.69) is 59.9 Å². The van der Waals surface area contributed by atoms with E-state index in [0.29, 0.717) is 0 Å². The van der Waals surface area contributed by atoms with Gasteiger partial charge in [0.05, 0.1) is 10.6 Å². The fraction of sp³-hybridized carbons (Fsp3) is 0.143. The van der Waals surface area contributed by atoms with Crippen LogP contribution >= 0.6 is 11.3 Å². The summed E-state index contributed by atoms with van der Waals surface area (Å²) < 4.78 is 5.53. The molecule has 0 unspecified atom stereocenters. The summed E-state index contributed by atoms with van der Waals surface area (Å²) in [5, 5.41) is 1.27. The summed E-state index contributed by atoms with van der Waals surface area (Å²) in [6.45, 7) is 6.31. The predicted octanol–water partition coefficient (Wildman–Crippen LogP) is 3.80. The molecule has 0 spiro atoms. The molecule has 0 amide bonds. The number of fused-ring (bicyclic) bond motifs is 1. The van der Waals surface area contributed by atoms with Gasteiger partial charge in [-0.25, -0.2) is 0 Å². The van der Waals surface area contributed by atoms with E-state index in [9.17, 15) is 0 Å². The first-order valence-corrected chi connectivity index (χ1v) is 6.36. The molecule has 95 valence electrons. The first-order chi connectivity index (χ1) is 8.16. The van der Waals surface area contributed by atoms with Crippen LogP contribution in [-0.4, -0.2) is 9.13 Å². The van der Waals surface area contributed by atoms with Gasteiger partial charge in [0, 0.05) is 27.2 Å². The summed E-state index contributed by atoms with van der Waals surface area (Å²) in [4.78, 5) is 1.33. The largest absolute Gasteiger partial charge is 0.255 e. The molecule has 18 heavy (non-hydrogen) atoms. The van der Waals surface area contributed by atoms with Gasteiger partial charge in [-0.1, -0.05) is 6.07 Å². The fourth-order valence-corrected chi connectivity index (χ4v) is 3.32. The van der Waals surface area contributed by atoms with E-state index in [1.54, 1.807) is 0 Å². The Balaban J connectivity index is 0.00000120. The van der Waals surface area contributed by atoms with E-state index >= 15 is 0 Å². The van der Waals surface area contributed by atoms with E-state index in [4.69, 9.17) is 0 Å². The molecule has 0 fully saturated rings. The van der Waals surface area contributed by atoms with E-state index in [0.717, 1.165) is 5.56 Å². The third-order valence-electron chi connectivity index (χ3n) is 2.97. The molecule has 1 radical (unpaired) electrons. The maximum Gasteiger partial charge on any atom is 0.165 e. The van der Waals surface area contributed by atoms with Crippen LogP contribution in [0.5, 0.6) is 0 Å². The molecule has 2 aromatic heterocycles. The minimum Gasteiger partial charge on any atom is -0.255 e. The van der Waals surface area contributed by atoms with Gasteiger partial charge in [-0.2, -0.15) is 23.1 Å². The van der Waals surface area contributed by atoms with Crippen LogP contribution in [0.15, 0.2) is 36.9 Å². The number of aryl methyl sites for hydroxylation is 2. The Hall–Kier alpha value is -1.09. The molecule has 0 bridgehead atoms. The molecular formula is C14H14IrN2S. The zero-order chi connectivity index (χ0) is 12.0. The maximum atomic E-state index is 4.14. The van der Waals surface area contributed by atoms with E-state index in [1.165, 1.54) is 20.7 Å². The van der Waals surface area contributed by atoms with Crippen LogP contribution in [0.1, 0.15) is 10.4 Å². The van der Waals surface area contributed by atoms with E-state index < -0.39 is 0 Å². The number of thiophene rings is 1. The number of benzene rings is 1. The van der Waals surface area contributed by atoms with Crippen LogP contribution in [0.3, 0.4) is 0 Å². The molecule has 1 aromatic carbocycles. The van der Waals surface area contributed by atoms with Gasteiger partial charge >= 0.3 is 0 Å². The van der Waals surface area contributed by atoms with Crippen molar-refractivity contribution >= 4 is 21.4 Å². The van der Waals surface area contributed by atoms with Gasteiger partial charge in [-0.15, -0.1) is 17.4 Å². The van der Waals surface area contributed by atoms with Crippen LogP contribution in [-0.2, 0) is 27.2 Å². The average molecular weight is 435 g/mol. The van der Waals surface area contributed by atoms with Gasteiger partial charge in [-0.3, -0.25) is 4.57 Å². The van der Waals surface area contributed by atoms with Crippen LogP contribution in [0.4, 0.5) is 0 Å². The van der Waals surface area contributed by atoms with Crippen LogP contribution in [0, 0.1) is 13.8 Å². The van der Waals surface area contributed by atoms with Gasteiger partial charge < -0.3 is 0 Å². The zero-order valence-electron chi connectivity index (χ0n) is 10.3. The molecule has 2 nitrogen and oxygen atoms in total. The second-order valence-electron chi connectivity index (χ2n) is 4.28. The van der Waals surface area contributed by atoms with Crippen LogP contribution in [0.2, 0.25) is 0 Å². The Morgan fingerprint density at radius 3 is 2.72 bits per heavy atom. The molecule has 0 atom stereocenters. The Morgan fingerprint density at radius 1 is 1.28 bits per heavy atom. The predicted molar refractivity (Wildman–Crippen MR) is 73.7 cm³/mol. The average Bonchev–Trinajstić information content (AvgIpc) is 2.82. The van der Waals surface area contributed by atoms with Gasteiger partial charge in [0.2, 0.25) is 0 Å². The molecule has 4 heteroatoms. The van der Waals surface area contributed by atoms with Crippen molar-refractivity contribution in [3.8, 4) is 5.69 Å². The molecular weight excluding hydrogens is 420 g/mol. The van der Waals surface area contributed by atoms with Crippen LogP contribution < -0.4 is 0 Å². The first kappa shape index (κ1) is 13.3. The van der Waals surface area contributed by atoms with Crippen molar-refractivity contribution in [1.82, 2.24) is 9.13 Å². The van der Waals surface area contributed by atoms with Gasteiger partial charge in [-0.05, 0) is 17.0 Å². The molecule has 3 aromatic rings. The summed E-state index contributed by atoms with van der Waals surface area (Å²) in [6.07, 6.45) is 6.22. The van der Waals surface area contributed by atoms with Crippen molar-refractivity contribution in [1.29, 1.82) is 0 Å². The zero-order valence-corrected chi connectivity index (χ0v) is 13.5. The summed E-state index contributed by atoms with van der Waals surface area (Å²) in [5.41, 5.74) is 2.36. The topological polar surface area (TPSA) is 9.86 Å². The SMILES string of the molecule is [CH2-]c1cccc2sc(C)c(-n3ccn(C)[cH+]3)c12.[Ir]. The van der Waals surface area contributed by atoms with E-state index in [-0.39, 0.29) is 20.1 Å². The summed E-state index contributed by atoms with van der Waals surface area (Å²) >= 11 is 1.83. The number of imidazole rings is 1. The summed E-state index contributed by atoms with van der Waals surface area (Å²) in [7, 11) is 2.03. The summed E-state index contributed by atoms with van der Waals surface area (Å²) in [6, 6.07) is 6.30. The smallest absolute Gasteiger partial charge is 0.165 e. The van der Waals surface area contributed by atoms with Crippen molar-refractivity contribution in [2.24, 2.45) is 7.05 Å². The number of nitrogens with zero attached hydrogens (tertiary/aromatic N) is 2. The van der Waals surface area contributed by atoms with Crippen molar-refractivity contribution in [2.75, 3.05) is 0 Å². The van der Waals surface area contributed by atoms with Crippen molar-refractivity contribution in [3.05, 3.63) is 54.3 Å². The normalized spacial score (nSPS) is 10.6. The molecule has 0 N–H and O–H groups in total. The van der Waals surface area contributed by atoms with Gasteiger partial charge in [0.25, 0.3) is 0 Å². The Morgan fingerprint density at radius 2 is 2.06 bits per heavy atom. The third-order valence-corrected chi connectivity index (χ3v) is 4.03. The van der Waals surface area contributed by atoms with Crippen molar-refractivity contribution in [3.63, 3.8) is 0 Å². The fourth-order valence-electron chi connectivity index (χ4n) is 2.21. The quantitative estimate of drug-likeness (QED) is 0.516. The third kappa shape index (κ3) is 2.01. The molecule has 3 rings (SSSR count). The molecule has 0 saturated carbocycles. The monoisotopic (exact) mass is 435 g/mol. The van der Waals surface area contributed by atoms with E-state index in [1.807, 2.05) is 18.4 Å². The molecule has 0 saturated heterocycles. The van der Waals surface area contributed by atoms with Gasteiger partial charge in [0.15, 0.2) is 6.33 Å². The Labute approximate surface area is 124 Å². The van der Waals surface area contributed by atoms with Crippen molar-refractivity contribution in [2.45, 2.75) is 6.92 Å². The molecule has 0 aliphatic heterocycles. The first-order valence-electron chi connectivity index (χ1n) is 5.54. The minimum absolute atomic E-state index is 0. The molecule has 2 heterocycles. The minimum atomic E-state index is 0. The van der Waals surface area contributed by atoms with Gasteiger partial charge in [0.1, 0.15) is 12.4 Å². The standard InChI is InChI=1S/C14H14N2S.Ir/c1-10-5-4-6-12-13(10)14(11(2)17-12)16-8-7-15(3)9-16;/h4-9H,1H2,2-3H3;. The Bertz CT molecular complexity index is 697. The molecule has 0 aliphatic carbocycles.